The Bertz CT molecular complexity index is 460. The first kappa shape index (κ1) is 13.9. The Hall–Kier alpha value is -1.20. The van der Waals surface area contributed by atoms with Crippen molar-refractivity contribution in [3.8, 4) is 0 Å². The third kappa shape index (κ3) is 5.10. The van der Waals surface area contributed by atoms with Gasteiger partial charge in [-0.1, -0.05) is 18.2 Å². The highest BCUT2D eigenvalue weighted by Gasteiger charge is 2.10. The number of ketones is 1. The highest BCUT2D eigenvalue weighted by molar-refractivity contribution is 9.11. The van der Waals surface area contributed by atoms with E-state index in [1.165, 1.54) is 17.4 Å². The Balaban J connectivity index is 2.41. The van der Waals surface area contributed by atoms with Gasteiger partial charge in [0.1, 0.15) is 0 Å². The first-order valence-electron chi connectivity index (χ1n) is 4.88. The maximum Gasteiger partial charge on any atom is 0.331 e. The topological polar surface area (TPSA) is 43.4 Å². The van der Waals surface area contributed by atoms with Gasteiger partial charge in [-0.15, -0.1) is 11.3 Å². The first-order chi connectivity index (χ1) is 8.13. The Kier molecular flexibility index (Phi) is 5.86. The Morgan fingerprint density at radius 2 is 2.18 bits per heavy atom. The van der Waals surface area contributed by atoms with Crippen LogP contribution >= 0.6 is 27.3 Å². The molecule has 0 atom stereocenters. The van der Waals surface area contributed by atoms with Gasteiger partial charge in [0.15, 0.2) is 6.61 Å². The SMILES string of the molecule is CC=CC=CC(=O)OCC(=O)c1ccc(Br)s1. The van der Waals surface area contributed by atoms with Crippen LogP contribution in [0.2, 0.25) is 0 Å². The van der Waals surface area contributed by atoms with Crippen LogP contribution in [0, 0.1) is 0 Å². The quantitative estimate of drug-likeness (QED) is 0.362. The van der Waals surface area contributed by atoms with Gasteiger partial charge in [0, 0.05) is 6.08 Å². The Morgan fingerprint density at radius 1 is 1.41 bits per heavy atom. The summed E-state index contributed by atoms with van der Waals surface area (Å²) in [6, 6.07) is 3.48. The summed E-state index contributed by atoms with van der Waals surface area (Å²) in [6.45, 7) is 1.61. The van der Waals surface area contributed by atoms with Gasteiger partial charge in [0.2, 0.25) is 5.78 Å². The number of allylic oxidation sites excluding steroid dienone is 3. The summed E-state index contributed by atoms with van der Waals surface area (Å²) in [5, 5.41) is 0. The number of Topliss-reactive ketones (excluding diaryl/α,β-unsaturated/α-hetero) is 1. The second kappa shape index (κ2) is 7.19. The average molecular weight is 315 g/mol. The number of thiophene rings is 1. The van der Waals surface area contributed by atoms with Gasteiger partial charge >= 0.3 is 5.97 Å². The fourth-order valence-corrected chi connectivity index (χ4v) is 2.28. The molecule has 0 fully saturated rings. The average Bonchev–Trinajstić information content (AvgIpc) is 2.73. The van der Waals surface area contributed by atoms with Gasteiger partial charge in [0.25, 0.3) is 0 Å². The van der Waals surface area contributed by atoms with E-state index >= 15 is 0 Å². The van der Waals surface area contributed by atoms with Crippen molar-refractivity contribution in [1.82, 2.24) is 0 Å². The molecule has 0 saturated carbocycles. The van der Waals surface area contributed by atoms with Crippen molar-refractivity contribution in [2.75, 3.05) is 6.61 Å². The van der Waals surface area contributed by atoms with Crippen LogP contribution in [0.4, 0.5) is 0 Å². The molecule has 1 aromatic rings. The van der Waals surface area contributed by atoms with Crippen LogP contribution in [-0.2, 0) is 9.53 Å². The molecule has 3 nitrogen and oxygen atoms in total. The maximum absolute atomic E-state index is 11.6. The van der Waals surface area contributed by atoms with E-state index < -0.39 is 5.97 Å². The number of rotatable bonds is 5. The summed E-state index contributed by atoms with van der Waals surface area (Å²) < 4.78 is 5.67. The van der Waals surface area contributed by atoms with Crippen LogP contribution in [0.1, 0.15) is 16.6 Å². The van der Waals surface area contributed by atoms with Crippen LogP contribution in [0.3, 0.4) is 0 Å². The largest absolute Gasteiger partial charge is 0.454 e. The molecule has 5 heteroatoms. The van der Waals surface area contributed by atoms with Crippen molar-refractivity contribution >= 4 is 39.0 Å². The molecule has 0 aliphatic rings. The van der Waals surface area contributed by atoms with Crippen molar-refractivity contribution < 1.29 is 14.3 Å². The Labute approximate surface area is 112 Å². The maximum atomic E-state index is 11.6. The summed E-state index contributed by atoms with van der Waals surface area (Å²) in [7, 11) is 0. The van der Waals surface area contributed by atoms with Gasteiger partial charge in [-0.2, -0.15) is 0 Å². The van der Waals surface area contributed by atoms with E-state index in [-0.39, 0.29) is 12.4 Å². The number of carbonyl (C=O) groups is 2. The summed E-state index contributed by atoms with van der Waals surface area (Å²) in [6.07, 6.45) is 6.34. The molecular formula is C12H11BrO3S. The van der Waals surface area contributed by atoms with E-state index in [0.717, 1.165) is 3.79 Å². The summed E-state index contributed by atoms with van der Waals surface area (Å²) in [4.78, 5) is 23.3. The molecule has 1 heterocycles. The summed E-state index contributed by atoms with van der Waals surface area (Å²) in [5.74, 6) is -0.722. The van der Waals surface area contributed by atoms with Crippen molar-refractivity contribution in [3.63, 3.8) is 0 Å². The monoisotopic (exact) mass is 314 g/mol. The van der Waals surface area contributed by atoms with Crippen LogP contribution in [-0.4, -0.2) is 18.4 Å². The zero-order valence-corrected chi connectivity index (χ0v) is 11.6. The number of halogens is 1. The molecule has 0 radical (unpaired) electrons. The van der Waals surface area contributed by atoms with Gasteiger partial charge in [-0.3, -0.25) is 4.79 Å². The van der Waals surface area contributed by atoms with E-state index in [9.17, 15) is 9.59 Å². The predicted octanol–water partition coefficient (Wildman–Crippen LogP) is 3.37. The lowest BCUT2D eigenvalue weighted by Crippen LogP contribution is -2.11. The molecular weight excluding hydrogens is 304 g/mol. The summed E-state index contributed by atoms with van der Waals surface area (Å²) in [5.41, 5.74) is 0. The van der Waals surface area contributed by atoms with Gasteiger partial charge < -0.3 is 4.74 Å². The molecule has 0 amide bonds. The second-order valence-electron chi connectivity index (χ2n) is 3.02. The number of hydrogen-bond donors (Lipinski definition) is 0. The molecule has 0 unspecified atom stereocenters. The first-order valence-corrected chi connectivity index (χ1v) is 6.49. The normalized spacial score (nSPS) is 11.2. The third-order valence-electron chi connectivity index (χ3n) is 1.73. The lowest BCUT2D eigenvalue weighted by Gasteiger charge is -1.98. The number of carbonyl (C=O) groups excluding carboxylic acids is 2. The smallest absolute Gasteiger partial charge is 0.331 e. The van der Waals surface area contributed by atoms with Crippen molar-refractivity contribution in [2.45, 2.75) is 6.92 Å². The van der Waals surface area contributed by atoms with Crippen molar-refractivity contribution in [1.29, 1.82) is 0 Å². The zero-order valence-electron chi connectivity index (χ0n) is 9.18. The standard InChI is InChI=1S/C12H11BrO3S/c1-2-3-4-5-12(15)16-8-9(14)10-6-7-11(13)17-10/h2-7H,8H2,1H3. The number of hydrogen-bond acceptors (Lipinski definition) is 4. The Morgan fingerprint density at radius 3 is 2.76 bits per heavy atom. The fourth-order valence-electron chi connectivity index (χ4n) is 0.965. The molecule has 0 N–H and O–H groups in total. The van der Waals surface area contributed by atoms with E-state index in [2.05, 4.69) is 15.9 Å². The molecule has 0 bridgehead atoms. The van der Waals surface area contributed by atoms with Gasteiger partial charge in [-0.05, 0) is 35.0 Å². The molecule has 0 aromatic carbocycles. The van der Waals surface area contributed by atoms with Crippen LogP contribution in [0.15, 0.2) is 40.2 Å². The van der Waals surface area contributed by atoms with Crippen molar-refractivity contribution in [2.24, 2.45) is 0 Å². The van der Waals surface area contributed by atoms with E-state index in [1.807, 2.05) is 6.92 Å². The molecule has 1 aromatic heterocycles. The molecule has 90 valence electrons. The highest BCUT2D eigenvalue weighted by atomic mass is 79.9. The predicted molar refractivity (Wildman–Crippen MR) is 71.3 cm³/mol. The number of esters is 1. The lowest BCUT2D eigenvalue weighted by atomic mass is 10.3. The minimum Gasteiger partial charge on any atom is -0.454 e. The van der Waals surface area contributed by atoms with Crippen LogP contribution < -0.4 is 0 Å². The van der Waals surface area contributed by atoms with E-state index in [4.69, 9.17) is 4.74 Å². The molecule has 17 heavy (non-hydrogen) atoms. The van der Waals surface area contributed by atoms with E-state index in [1.54, 1.807) is 30.4 Å². The van der Waals surface area contributed by atoms with Crippen molar-refractivity contribution in [3.05, 3.63) is 45.1 Å². The number of ether oxygens (including phenoxy) is 1. The second-order valence-corrected chi connectivity index (χ2v) is 5.48. The minimum absolute atomic E-state index is 0.200. The molecule has 0 spiro atoms. The molecule has 0 aliphatic carbocycles. The zero-order chi connectivity index (χ0) is 12.7. The molecule has 1 rings (SSSR count). The van der Waals surface area contributed by atoms with Crippen LogP contribution in [0.5, 0.6) is 0 Å². The third-order valence-corrected chi connectivity index (χ3v) is 3.39. The molecule has 0 aliphatic heterocycles. The van der Waals surface area contributed by atoms with E-state index in [0.29, 0.717) is 4.88 Å². The molecule has 0 saturated heterocycles. The summed E-state index contributed by atoms with van der Waals surface area (Å²) >= 11 is 4.58. The fraction of sp³-hybridized carbons (Fsp3) is 0.167. The van der Waals surface area contributed by atoms with Gasteiger partial charge in [0.05, 0.1) is 8.66 Å². The van der Waals surface area contributed by atoms with Crippen LogP contribution in [0.25, 0.3) is 0 Å². The minimum atomic E-state index is -0.521. The van der Waals surface area contributed by atoms with Gasteiger partial charge in [-0.25, -0.2) is 4.79 Å². The lowest BCUT2D eigenvalue weighted by molar-refractivity contribution is -0.136. The highest BCUT2D eigenvalue weighted by Crippen LogP contribution is 2.22.